The zero-order valence-electron chi connectivity index (χ0n) is 11.5. The summed E-state index contributed by atoms with van der Waals surface area (Å²) >= 11 is 6.68. The minimum absolute atomic E-state index is 0.130. The second kappa shape index (κ2) is 6.59. The Kier molecular flexibility index (Phi) is 4.96. The summed E-state index contributed by atoms with van der Waals surface area (Å²) < 4.78 is 41.7. The van der Waals surface area contributed by atoms with E-state index in [-0.39, 0.29) is 10.6 Å². The van der Waals surface area contributed by atoms with Crippen molar-refractivity contribution < 1.29 is 27.5 Å². The first-order valence-electron chi connectivity index (χ1n) is 6.08. The van der Waals surface area contributed by atoms with Crippen LogP contribution >= 0.6 is 22.9 Å². The van der Waals surface area contributed by atoms with E-state index in [0.29, 0.717) is 15.5 Å². The van der Waals surface area contributed by atoms with Crippen LogP contribution in [0.2, 0.25) is 5.02 Å². The number of amides is 1. The van der Waals surface area contributed by atoms with Crippen molar-refractivity contribution in [2.45, 2.75) is 6.18 Å². The molecule has 0 spiro atoms. The molecule has 1 aromatic carbocycles. The van der Waals surface area contributed by atoms with Gasteiger partial charge >= 0.3 is 18.1 Å². The van der Waals surface area contributed by atoms with E-state index < -0.39 is 18.1 Å². The van der Waals surface area contributed by atoms with Crippen LogP contribution in [-0.4, -0.2) is 25.2 Å². The Morgan fingerprint density at radius 3 is 2.35 bits per heavy atom. The van der Waals surface area contributed by atoms with Gasteiger partial charge in [-0.15, -0.1) is 11.3 Å². The summed E-state index contributed by atoms with van der Waals surface area (Å²) in [6.45, 7) is 0. The zero-order valence-corrected chi connectivity index (χ0v) is 13.1. The predicted molar refractivity (Wildman–Crippen MR) is 80.8 cm³/mol. The number of ether oxygens (including phenoxy) is 1. The summed E-state index contributed by atoms with van der Waals surface area (Å²) in [6.07, 6.45) is -5.06. The van der Waals surface area contributed by atoms with Gasteiger partial charge in [0, 0.05) is 9.90 Å². The maximum atomic E-state index is 12.4. The molecule has 0 aliphatic carbocycles. The largest absolute Gasteiger partial charge is 0.471 e. The Balaban J connectivity index is 2.42. The minimum atomic E-state index is -5.06. The summed E-state index contributed by atoms with van der Waals surface area (Å²) in [5, 5.41) is 2.18. The molecular formula is C14H9ClF3NO3S. The molecule has 0 fully saturated rings. The molecule has 9 heteroatoms. The molecule has 122 valence electrons. The Labute approximate surface area is 137 Å². The van der Waals surface area contributed by atoms with Gasteiger partial charge in [0.1, 0.15) is 4.88 Å². The number of methoxy groups -OCH3 is 1. The van der Waals surface area contributed by atoms with Crippen LogP contribution in [0.15, 0.2) is 30.3 Å². The van der Waals surface area contributed by atoms with Crippen molar-refractivity contribution in [1.82, 2.24) is 0 Å². The average molecular weight is 364 g/mol. The van der Waals surface area contributed by atoms with Crippen LogP contribution < -0.4 is 5.32 Å². The summed E-state index contributed by atoms with van der Waals surface area (Å²) in [5.41, 5.74) is 0.381. The SMILES string of the molecule is COC(=O)c1sc(-c2ccc(Cl)cc2)cc1NC(=O)C(F)(F)F. The summed E-state index contributed by atoms with van der Waals surface area (Å²) in [7, 11) is 1.10. The Hall–Kier alpha value is -2.06. The second-order valence-corrected chi connectivity index (χ2v) is 5.79. The molecule has 0 saturated heterocycles. The topological polar surface area (TPSA) is 55.4 Å². The van der Waals surface area contributed by atoms with Gasteiger partial charge in [-0.3, -0.25) is 4.79 Å². The summed E-state index contributed by atoms with van der Waals surface area (Å²) in [5.74, 6) is -3.00. The van der Waals surface area contributed by atoms with Gasteiger partial charge in [-0.25, -0.2) is 4.79 Å². The first-order valence-corrected chi connectivity index (χ1v) is 7.28. The van der Waals surface area contributed by atoms with Gasteiger partial charge in [-0.2, -0.15) is 13.2 Å². The molecule has 1 aromatic heterocycles. The highest BCUT2D eigenvalue weighted by Crippen LogP contribution is 2.36. The van der Waals surface area contributed by atoms with E-state index in [1.165, 1.54) is 6.07 Å². The maximum Gasteiger partial charge on any atom is 0.471 e. The molecule has 0 atom stereocenters. The van der Waals surface area contributed by atoms with Crippen LogP contribution in [0.5, 0.6) is 0 Å². The number of benzene rings is 1. The van der Waals surface area contributed by atoms with Crippen LogP contribution in [0.1, 0.15) is 9.67 Å². The number of carbonyl (C=O) groups is 2. The second-order valence-electron chi connectivity index (χ2n) is 4.30. The zero-order chi connectivity index (χ0) is 17.2. The molecule has 1 amide bonds. The summed E-state index contributed by atoms with van der Waals surface area (Å²) in [4.78, 5) is 23.1. The lowest BCUT2D eigenvalue weighted by atomic mass is 10.2. The number of thiophene rings is 1. The van der Waals surface area contributed by atoms with Crippen LogP contribution in [0.25, 0.3) is 10.4 Å². The molecule has 1 heterocycles. The van der Waals surface area contributed by atoms with Crippen LogP contribution in [0, 0.1) is 0 Å². The van der Waals surface area contributed by atoms with Gasteiger partial charge in [-0.05, 0) is 23.8 Å². The Morgan fingerprint density at radius 1 is 1.22 bits per heavy atom. The molecule has 2 rings (SSSR count). The normalized spacial score (nSPS) is 11.2. The van der Waals surface area contributed by atoms with Gasteiger partial charge in [0.2, 0.25) is 0 Å². The Morgan fingerprint density at radius 2 is 1.83 bits per heavy atom. The fraction of sp³-hybridized carbons (Fsp3) is 0.143. The van der Waals surface area contributed by atoms with Crippen LogP contribution in [-0.2, 0) is 9.53 Å². The molecule has 0 radical (unpaired) electrons. The number of anilines is 1. The highest BCUT2D eigenvalue weighted by atomic mass is 35.5. The fourth-order valence-corrected chi connectivity index (χ4v) is 2.84. The van der Waals surface area contributed by atoms with Crippen molar-refractivity contribution in [3.05, 3.63) is 40.2 Å². The lowest BCUT2D eigenvalue weighted by Crippen LogP contribution is -2.30. The number of carbonyl (C=O) groups excluding carboxylic acids is 2. The standard InChI is InChI=1S/C14H9ClF3NO3S/c1-22-12(20)11-9(19-13(21)14(16,17)18)6-10(23-11)7-2-4-8(15)5-3-7/h2-6H,1H3,(H,19,21). The van der Waals surface area contributed by atoms with Crippen LogP contribution in [0.3, 0.4) is 0 Å². The van der Waals surface area contributed by atoms with Crippen molar-refractivity contribution in [3.8, 4) is 10.4 Å². The monoisotopic (exact) mass is 363 g/mol. The van der Waals surface area contributed by atoms with Crippen molar-refractivity contribution in [2.24, 2.45) is 0 Å². The third-order valence-corrected chi connectivity index (χ3v) is 4.15. The maximum absolute atomic E-state index is 12.4. The molecule has 0 aliphatic heterocycles. The van der Waals surface area contributed by atoms with Gasteiger partial charge < -0.3 is 10.1 Å². The van der Waals surface area contributed by atoms with E-state index in [0.717, 1.165) is 18.4 Å². The van der Waals surface area contributed by atoms with E-state index >= 15 is 0 Å². The van der Waals surface area contributed by atoms with E-state index in [1.807, 2.05) is 0 Å². The van der Waals surface area contributed by atoms with E-state index in [2.05, 4.69) is 4.74 Å². The average Bonchev–Trinajstić information content (AvgIpc) is 2.90. The molecule has 4 nitrogen and oxygen atoms in total. The molecule has 1 N–H and O–H groups in total. The predicted octanol–water partition coefficient (Wildman–Crippen LogP) is 4.36. The number of hydrogen-bond acceptors (Lipinski definition) is 4. The van der Waals surface area contributed by atoms with E-state index in [1.54, 1.807) is 29.6 Å². The highest BCUT2D eigenvalue weighted by molar-refractivity contribution is 7.18. The molecule has 23 heavy (non-hydrogen) atoms. The number of hydrogen-bond donors (Lipinski definition) is 1. The van der Waals surface area contributed by atoms with Crippen molar-refractivity contribution >= 4 is 40.5 Å². The molecule has 0 saturated carbocycles. The molecule has 2 aromatic rings. The van der Waals surface area contributed by atoms with E-state index in [4.69, 9.17) is 11.6 Å². The van der Waals surface area contributed by atoms with Gasteiger partial charge in [0.25, 0.3) is 0 Å². The van der Waals surface area contributed by atoms with Gasteiger partial charge in [0.15, 0.2) is 0 Å². The molecular weight excluding hydrogens is 355 g/mol. The number of rotatable bonds is 3. The third kappa shape index (κ3) is 4.02. The molecule has 0 bridgehead atoms. The third-order valence-electron chi connectivity index (χ3n) is 2.74. The van der Waals surface area contributed by atoms with Crippen molar-refractivity contribution in [3.63, 3.8) is 0 Å². The smallest absolute Gasteiger partial charge is 0.465 e. The number of esters is 1. The summed E-state index contributed by atoms with van der Waals surface area (Å²) in [6, 6.07) is 7.77. The number of halogens is 4. The van der Waals surface area contributed by atoms with E-state index in [9.17, 15) is 22.8 Å². The lowest BCUT2D eigenvalue weighted by Gasteiger charge is -2.07. The van der Waals surface area contributed by atoms with Crippen LogP contribution in [0.4, 0.5) is 18.9 Å². The molecule has 0 aliphatic rings. The lowest BCUT2D eigenvalue weighted by molar-refractivity contribution is -0.167. The minimum Gasteiger partial charge on any atom is -0.465 e. The quantitative estimate of drug-likeness (QED) is 0.824. The first-order chi connectivity index (χ1) is 10.7. The highest BCUT2D eigenvalue weighted by Gasteiger charge is 2.39. The molecule has 0 unspecified atom stereocenters. The van der Waals surface area contributed by atoms with Gasteiger partial charge in [0.05, 0.1) is 12.8 Å². The first kappa shape index (κ1) is 17.3. The number of nitrogens with one attached hydrogen (secondary N) is 1. The van der Waals surface area contributed by atoms with Crippen molar-refractivity contribution in [1.29, 1.82) is 0 Å². The Bertz CT molecular complexity index is 741. The fourth-order valence-electron chi connectivity index (χ4n) is 1.68. The van der Waals surface area contributed by atoms with Gasteiger partial charge in [-0.1, -0.05) is 23.7 Å². The van der Waals surface area contributed by atoms with Crippen molar-refractivity contribution in [2.75, 3.05) is 12.4 Å². The number of alkyl halides is 3.